The molecule has 0 amide bonds. The standard InChI is InChI=1S/C21H42O2.C18H26O3/c1-4-5-6-7-8-9-10-11-12-13-14-15-16-17-18-19-21(22)23-20(2)3;1-3-4-5-6-7-11-14-21-18(19)17(20-2)15-16-12-9-8-10-13-16/h20H,4-19H2,1-3H3;8-10,12-13,15H,3-7,11,14H2,1-2H3. The highest BCUT2D eigenvalue weighted by Crippen LogP contribution is 2.14. The van der Waals surface area contributed by atoms with Crippen molar-refractivity contribution in [2.24, 2.45) is 0 Å². The zero-order valence-electron chi connectivity index (χ0n) is 29.3. The summed E-state index contributed by atoms with van der Waals surface area (Å²) < 4.78 is 15.5. The van der Waals surface area contributed by atoms with Crippen molar-refractivity contribution >= 4 is 18.0 Å². The van der Waals surface area contributed by atoms with Gasteiger partial charge in [-0.25, -0.2) is 4.79 Å². The molecule has 0 fully saturated rings. The molecule has 44 heavy (non-hydrogen) atoms. The van der Waals surface area contributed by atoms with Crippen molar-refractivity contribution in [2.75, 3.05) is 13.7 Å². The van der Waals surface area contributed by atoms with Gasteiger partial charge in [0, 0.05) is 6.42 Å². The maximum Gasteiger partial charge on any atom is 0.373 e. The van der Waals surface area contributed by atoms with E-state index in [0.29, 0.717) is 13.0 Å². The van der Waals surface area contributed by atoms with E-state index >= 15 is 0 Å². The first-order valence-corrected chi connectivity index (χ1v) is 18.1. The maximum absolute atomic E-state index is 11.9. The molecule has 0 saturated carbocycles. The monoisotopic (exact) mass is 617 g/mol. The van der Waals surface area contributed by atoms with Crippen LogP contribution < -0.4 is 0 Å². The summed E-state index contributed by atoms with van der Waals surface area (Å²) in [5, 5.41) is 0. The number of methoxy groups -OCH3 is 1. The first-order chi connectivity index (χ1) is 21.4. The molecule has 0 heterocycles. The molecule has 254 valence electrons. The molecular formula is C39H68O5. The molecule has 1 aromatic rings. The van der Waals surface area contributed by atoms with Crippen molar-refractivity contribution in [3.8, 4) is 0 Å². The molecule has 0 saturated heterocycles. The van der Waals surface area contributed by atoms with Gasteiger partial charge in [0.1, 0.15) is 0 Å². The van der Waals surface area contributed by atoms with Crippen LogP contribution >= 0.6 is 0 Å². The number of unbranched alkanes of at least 4 members (excludes halogenated alkanes) is 19. The fourth-order valence-corrected chi connectivity index (χ4v) is 4.98. The Hall–Kier alpha value is -2.30. The SMILES string of the molecule is CCCCCCCCCCCCCCCCCC(=O)OC(C)C.CCCCCCCCOC(=O)C(=Cc1ccccc1)OC. The molecular weight excluding hydrogens is 548 g/mol. The Morgan fingerprint density at radius 2 is 1.07 bits per heavy atom. The summed E-state index contributed by atoms with van der Waals surface area (Å²) in [5.41, 5.74) is 0.922. The number of benzene rings is 1. The first kappa shape index (κ1) is 41.7. The summed E-state index contributed by atoms with van der Waals surface area (Å²) in [5.74, 6) is -0.184. The topological polar surface area (TPSA) is 61.8 Å². The largest absolute Gasteiger partial charge is 0.490 e. The molecule has 0 bridgehead atoms. The Morgan fingerprint density at radius 3 is 1.50 bits per heavy atom. The lowest BCUT2D eigenvalue weighted by Crippen LogP contribution is -2.10. The van der Waals surface area contributed by atoms with Gasteiger partial charge in [-0.05, 0) is 38.3 Å². The van der Waals surface area contributed by atoms with Gasteiger partial charge in [-0.2, -0.15) is 0 Å². The zero-order chi connectivity index (χ0) is 32.5. The lowest BCUT2D eigenvalue weighted by molar-refractivity contribution is -0.147. The lowest BCUT2D eigenvalue weighted by atomic mass is 10.0. The third-order valence-electron chi connectivity index (χ3n) is 7.60. The van der Waals surface area contributed by atoms with Crippen molar-refractivity contribution < 1.29 is 23.8 Å². The van der Waals surface area contributed by atoms with Crippen molar-refractivity contribution in [1.82, 2.24) is 0 Å². The van der Waals surface area contributed by atoms with E-state index in [1.807, 2.05) is 44.2 Å². The molecule has 0 aromatic heterocycles. The van der Waals surface area contributed by atoms with Crippen LogP contribution in [0.25, 0.3) is 6.08 Å². The molecule has 0 aliphatic rings. The van der Waals surface area contributed by atoms with Gasteiger partial charge < -0.3 is 14.2 Å². The van der Waals surface area contributed by atoms with E-state index in [4.69, 9.17) is 14.2 Å². The molecule has 0 atom stereocenters. The number of carbonyl (C=O) groups is 2. The molecule has 1 aromatic carbocycles. The third-order valence-corrected chi connectivity index (χ3v) is 7.60. The third kappa shape index (κ3) is 28.5. The van der Waals surface area contributed by atoms with Gasteiger partial charge >= 0.3 is 11.9 Å². The normalized spacial score (nSPS) is 11.2. The number of hydrogen-bond donors (Lipinski definition) is 0. The van der Waals surface area contributed by atoms with Crippen LogP contribution in [0.5, 0.6) is 0 Å². The quantitative estimate of drug-likeness (QED) is 0.0426. The van der Waals surface area contributed by atoms with E-state index in [-0.39, 0.29) is 17.8 Å². The molecule has 0 N–H and O–H groups in total. The molecule has 0 aliphatic carbocycles. The van der Waals surface area contributed by atoms with Crippen LogP contribution in [-0.2, 0) is 23.8 Å². The zero-order valence-corrected chi connectivity index (χ0v) is 29.3. The van der Waals surface area contributed by atoms with Gasteiger partial charge in [-0.1, -0.05) is 166 Å². The van der Waals surface area contributed by atoms with Crippen LogP contribution in [-0.4, -0.2) is 31.8 Å². The summed E-state index contributed by atoms with van der Waals surface area (Å²) in [6, 6.07) is 9.60. The van der Waals surface area contributed by atoms with Crippen molar-refractivity contribution in [3.63, 3.8) is 0 Å². The highest BCUT2D eigenvalue weighted by molar-refractivity contribution is 5.91. The van der Waals surface area contributed by atoms with Crippen molar-refractivity contribution in [3.05, 3.63) is 41.7 Å². The van der Waals surface area contributed by atoms with E-state index < -0.39 is 5.97 Å². The van der Waals surface area contributed by atoms with Gasteiger partial charge in [0.15, 0.2) is 0 Å². The van der Waals surface area contributed by atoms with E-state index in [1.165, 1.54) is 123 Å². The van der Waals surface area contributed by atoms with Crippen LogP contribution in [0.2, 0.25) is 0 Å². The molecule has 0 spiro atoms. The summed E-state index contributed by atoms with van der Waals surface area (Å²) in [4.78, 5) is 23.3. The molecule has 0 radical (unpaired) electrons. The average molecular weight is 617 g/mol. The number of ether oxygens (including phenoxy) is 3. The highest BCUT2D eigenvalue weighted by Gasteiger charge is 2.11. The van der Waals surface area contributed by atoms with Gasteiger partial charge in [0.2, 0.25) is 5.76 Å². The number of esters is 2. The van der Waals surface area contributed by atoms with Crippen LogP contribution in [0.4, 0.5) is 0 Å². The minimum Gasteiger partial charge on any atom is -0.490 e. The fourth-order valence-electron chi connectivity index (χ4n) is 4.98. The minimum absolute atomic E-state index is 0.0267. The summed E-state index contributed by atoms with van der Waals surface area (Å²) in [7, 11) is 1.49. The second kappa shape index (κ2) is 32.1. The summed E-state index contributed by atoms with van der Waals surface area (Å²) >= 11 is 0. The van der Waals surface area contributed by atoms with Crippen LogP contribution in [0, 0.1) is 0 Å². The lowest BCUT2D eigenvalue weighted by Gasteiger charge is -2.07. The number of hydrogen-bond acceptors (Lipinski definition) is 5. The Morgan fingerprint density at radius 1 is 0.636 bits per heavy atom. The molecule has 1 rings (SSSR count). The van der Waals surface area contributed by atoms with Crippen LogP contribution in [0.15, 0.2) is 36.1 Å². The molecule has 0 unspecified atom stereocenters. The smallest absolute Gasteiger partial charge is 0.373 e. The predicted molar refractivity (Wildman–Crippen MR) is 187 cm³/mol. The summed E-state index contributed by atoms with van der Waals surface area (Å²) in [6.07, 6.45) is 29.7. The Kier molecular flexibility index (Phi) is 30.4. The van der Waals surface area contributed by atoms with E-state index in [1.54, 1.807) is 6.08 Å². The maximum atomic E-state index is 11.9. The van der Waals surface area contributed by atoms with E-state index in [2.05, 4.69) is 13.8 Å². The Labute approximate surface area is 271 Å². The molecule has 5 nitrogen and oxygen atoms in total. The number of rotatable bonds is 27. The predicted octanol–water partition coefficient (Wildman–Crippen LogP) is 11.8. The van der Waals surface area contributed by atoms with Crippen LogP contribution in [0.1, 0.15) is 175 Å². The van der Waals surface area contributed by atoms with E-state index in [0.717, 1.165) is 24.8 Å². The fraction of sp³-hybridized carbons (Fsp3) is 0.744. The Balaban J connectivity index is 0.000000843. The second-order valence-electron chi connectivity index (χ2n) is 12.3. The minimum atomic E-state index is -0.394. The van der Waals surface area contributed by atoms with Gasteiger partial charge in [-0.15, -0.1) is 0 Å². The van der Waals surface area contributed by atoms with Crippen molar-refractivity contribution in [2.45, 2.75) is 175 Å². The molecule has 0 aliphatic heterocycles. The van der Waals surface area contributed by atoms with Gasteiger partial charge in [0.25, 0.3) is 0 Å². The highest BCUT2D eigenvalue weighted by atomic mass is 16.6. The van der Waals surface area contributed by atoms with Gasteiger partial charge in [0.05, 0.1) is 19.8 Å². The number of carbonyl (C=O) groups excluding carboxylic acids is 2. The second-order valence-corrected chi connectivity index (χ2v) is 12.3. The molecule has 5 heteroatoms. The Bertz CT molecular complexity index is 802. The summed E-state index contributed by atoms with van der Waals surface area (Å²) in [6.45, 7) is 8.75. The van der Waals surface area contributed by atoms with Crippen LogP contribution in [0.3, 0.4) is 0 Å². The average Bonchev–Trinajstić information content (AvgIpc) is 3.01. The van der Waals surface area contributed by atoms with Crippen molar-refractivity contribution in [1.29, 1.82) is 0 Å². The first-order valence-electron chi connectivity index (χ1n) is 18.1. The van der Waals surface area contributed by atoms with Gasteiger partial charge in [-0.3, -0.25) is 4.79 Å². The van der Waals surface area contributed by atoms with E-state index in [9.17, 15) is 9.59 Å².